The van der Waals surface area contributed by atoms with Crippen molar-refractivity contribution in [1.82, 2.24) is 4.57 Å². The molecule has 8 heteroatoms. The highest BCUT2D eigenvalue weighted by Gasteiger charge is 2.51. The second-order valence-corrected chi connectivity index (χ2v) is 5.21. The summed E-state index contributed by atoms with van der Waals surface area (Å²) >= 11 is 0. The maximum Gasteiger partial charge on any atom is 0.303 e. The molecule has 1 unspecified atom stereocenters. The first-order valence-corrected chi connectivity index (χ1v) is 6.92. The van der Waals surface area contributed by atoms with Gasteiger partial charge in [0.25, 0.3) is 5.56 Å². The number of ether oxygens (including phenoxy) is 3. The van der Waals surface area contributed by atoms with Crippen LogP contribution in [-0.4, -0.2) is 41.4 Å². The lowest BCUT2D eigenvalue weighted by molar-refractivity contribution is -0.165. The predicted octanol–water partition coefficient (Wildman–Crippen LogP) is 0.0346. The average Bonchev–Trinajstić information content (AvgIpc) is 2.64. The Bertz CT molecular complexity index is 670. The van der Waals surface area contributed by atoms with Crippen molar-refractivity contribution in [1.29, 1.82) is 0 Å². The van der Waals surface area contributed by atoms with Crippen molar-refractivity contribution in [2.24, 2.45) is 0 Å². The molecule has 0 amide bonds. The largest absolute Gasteiger partial charge is 0.456 e. The zero-order chi connectivity index (χ0) is 15.9. The zero-order valence-corrected chi connectivity index (χ0v) is 12.1. The maximum atomic E-state index is 12.2. The van der Waals surface area contributed by atoms with E-state index in [0.717, 1.165) is 0 Å². The fourth-order valence-corrected chi connectivity index (χ4v) is 2.84. The van der Waals surface area contributed by atoms with E-state index >= 15 is 0 Å². The molecule has 118 valence electrons. The van der Waals surface area contributed by atoms with Crippen LogP contribution in [0.1, 0.15) is 20.1 Å². The van der Waals surface area contributed by atoms with E-state index in [4.69, 9.17) is 14.2 Å². The SMILES string of the molecule is CC(=O)OC1[C@@H](OC(C)=O)[C@H]2CNc3cccc(=O)n3[C@@H]1O2. The summed E-state index contributed by atoms with van der Waals surface area (Å²) in [7, 11) is 0. The third-order valence-electron chi connectivity index (χ3n) is 3.62. The third-order valence-corrected chi connectivity index (χ3v) is 3.62. The fourth-order valence-electron chi connectivity index (χ4n) is 2.84. The molecule has 4 atom stereocenters. The lowest BCUT2D eigenvalue weighted by Gasteiger charge is -2.27. The number of esters is 2. The molecule has 1 N–H and O–H groups in total. The minimum atomic E-state index is -0.868. The van der Waals surface area contributed by atoms with E-state index in [2.05, 4.69) is 5.32 Å². The summed E-state index contributed by atoms with van der Waals surface area (Å²) in [5.74, 6) is -0.466. The summed E-state index contributed by atoms with van der Waals surface area (Å²) < 4.78 is 17.7. The molecule has 1 fully saturated rings. The van der Waals surface area contributed by atoms with Crippen LogP contribution < -0.4 is 10.9 Å². The molecule has 1 saturated heterocycles. The molecule has 2 aliphatic rings. The molecule has 0 aliphatic carbocycles. The van der Waals surface area contributed by atoms with Crippen LogP contribution in [0.4, 0.5) is 5.82 Å². The lowest BCUT2D eigenvalue weighted by atomic mass is 10.1. The van der Waals surface area contributed by atoms with Crippen molar-refractivity contribution in [3.05, 3.63) is 28.6 Å². The number of carbonyl (C=O) groups excluding carboxylic acids is 2. The van der Waals surface area contributed by atoms with Crippen LogP contribution in [0.3, 0.4) is 0 Å². The molecular formula is C14H16N2O6. The van der Waals surface area contributed by atoms with Gasteiger partial charge in [-0.2, -0.15) is 0 Å². The minimum Gasteiger partial charge on any atom is -0.456 e. The van der Waals surface area contributed by atoms with E-state index in [9.17, 15) is 14.4 Å². The van der Waals surface area contributed by atoms with Gasteiger partial charge < -0.3 is 19.5 Å². The molecule has 8 nitrogen and oxygen atoms in total. The Hall–Kier alpha value is -2.35. The quantitative estimate of drug-likeness (QED) is 0.770. The summed E-state index contributed by atoms with van der Waals surface area (Å²) in [6.45, 7) is 2.86. The van der Waals surface area contributed by atoms with Crippen molar-refractivity contribution in [2.75, 3.05) is 11.9 Å². The number of hydrogen-bond acceptors (Lipinski definition) is 7. The Morgan fingerprint density at radius 2 is 1.91 bits per heavy atom. The third kappa shape index (κ3) is 2.45. The Balaban J connectivity index is 2.04. The van der Waals surface area contributed by atoms with E-state index in [0.29, 0.717) is 12.4 Å². The van der Waals surface area contributed by atoms with Gasteiger partial charge in [-0.25, -0.2) is 0 Å². The molecule has 0 radical (unpaired) electrons. The van der Waals surface area contributed by atoms with Crippen LogP contribution >= 0.6 is 0 Å². The minimum absolute atomic E-state index is 0.295. The Kier molecular flexibility index (Phi) is 3.61. The van der Waals surface area contributed by atoms with Crippen LogP contribution in [-0.2, 0) is 23.8 Å². The van der Waals surface area contributed by atoms with E-state index in [1.54, 1.807) is 12.1 Å². The monoisotopic (exact) mass is 308 g/mol. The van der Waals surface area contributed by atoms with Gasteiger partial charge in [0, 0.05) is 26.5 Å². The fraction of sp³-hybridized carbons (Fsp3) is 0.500. The number of anilines is 1. The molecule has 0 saturated carbocycles. The topological polar surface area (TPSA) is 95.9 Å². The Morgan fingerprint density at radius 3 is 2.59 bits per heavy atom. The number of rotatable bonds is 2. The first-order chi connectivity index (χ1) is 10.5. The molecule has 22 heavy (non-hydrogen) atoms. The highest BCUT2D eigenvalue weighted by molar-refractivity contribution is 5.67. The molecule has 2 bridgehead atoms. The van der Waals surface area contributed by atoms with Crippen LogP contribution in [0, 0.1) is 0 Å². The summed E-state index contributed by atoms with van der Waals surface area (Å²) in [6.07, 6.45) is -2.99. The van der Waals surface area contributed by atoms with Gasteiger partial charge in [-0.05, 0) is 6.07 Å². The second kappa shape index (κ2) is 5.45. The highest BCUT2D eigenvalue weighted by Crippen LogP contribution is 2.36. The van der Waals surface area contributed by atoms with Crippen molar-refractivity contribution in [3.63, 3.8) is 0 Å². The second-order valence-electron chi connectivity index (χ2n) is 5.21. The molecule has 2 aliphatic heterocycles. The summed E-state index contributed by atoms with van der Waals surface area (Å²) in [4.78, 5) is 34.9. The number of nitrogens with zero attached hydrogens (tertiary/aromatic N) is 1. The first kappa shape index (κ1) is 14.6. The molecule has 3 heterocycles. The van der Waals surface area contributed by atoms with Crippen LogP contribution in [0.5, 0.6) is 0 Å². The van der Waals surface area contributed by atoms with Crippen molar-refractivity contribution in [2.45, 2.75) is 38.4 Å². The van der Waals surface area contributed by atoms with Crippen LogP contribution in [0.15, 0.2) is 23.0 Å². The number of fused-ring (bicyclic) bond motifs is 4. The lowest BCUT2D eigenvalue weighted by Crippen LogP contribution is -2.44. The zero-order valence-electron chi connectivity index (χ0n) is 12.1. The maximum absolute atomic E-state index is 12.2. The molecule has 0 aromatic carbocycles. The van der Waals surface area contributed by atoms with Gasteiger partial charge >= 0.3 is 11.9 Å². The number of nitrogens with one attached hydrogen (secondary N) is 1. The van der Waals surface area contributed by atoms with Gasteiger partial charge in [-0.1, -0.05) is 6.07 Å². The van der Waals surface area contributed by atoms with Gasteiger partial charge in [0.15, 0.2) is 18.4 Å². The molecule has 1 aromatic rings. The average molecular weight is 308 g/mol. The highest BCUT2D eigenvalue weighted by atomic mass is 16.6. The van der Waals surface area contributed by atoms with Gasteiger partial charge in [-0.15, -0.1) is 0 Å². The van der Waals surface area contributed by atoms with E-state index in [1.807, 2.05) is 0 Å². The standard InChI is InChI=1S/C14H16N2O6/c1-7(17)20-12-9-6-15-10-4-3-5-11(19)16(10)14(22-9)13(12)21-8(2)18/h3-5,9,12-15H,6H2,1-2H3/t9-,12+,13?,14-/m1/s1. The Morgan fingerprint density at radius 1 is 1.23 bits per heavy atom. The van der Waals surface area contributed by atoms with Crippen LogP contribution in [0.2, 0.25) is 0 Å². The molecule has 0 spiro atoms. The summed E-state index contributed by atoms with van der Waals surface area (Å²) in [5.41, 5.74) is -0.295. The van der Waals surface area contributed by atoms with E-state index < -0.39 is 36.5 Å². The number of hydrogen-bond donors (Lipinski definition) is 1. The van der Waals surface area contributed by atoms with Gasteiger partial charge in [0.1, 0.15) is 11.9 Å². The summed E-state index contributed by atoms with van der Waals surface area (Å²) in [5, 5.41) is 3.08. The number of pyridine rings is 1. The van der Waals surface area contributed by atoms with Crippen molar-refractivity contribution >= 4 is 17.8 Å². The van der Waals surface area contributed by atoms with Crippen LogP contribution in [0.25, 0.3) is 0 Å². The smallest absolute Gasteiger partial charge is 0.303 e. The van der Waals surface area contributed by atoms with Gasteiger partial charge in [0.2, 0.25) is 0 Å². The van der Waals surface area contributed by atoms with E-state index in [1.165, 1.54) is 24.5 Å². The first-order valence-electron chi connectivity index (χ1n) is 6.92. The van der Waals surface area contributed by atoms with E-state index in [-0.39, 0.29) is 5.56 Å². The normalized spacial score (nSPS) is 29.0. The number of aromatic nitrogens is 1. The van der Waals surface area contributed by atoms with Crippen molar-refractivity contribution in [3.8, 4) is 0 Å². The molecular weight excluding hydrogens is 292 g/mol. The Labute approximate surface area is 126 Å². The number of carbonyl (C=O) groups is 2. The van der Waals surface area contributed by atoms with Gasteiger partial charge in [0.05, 0.1) is 0 Å². The van der Waals surface area contributed by atoms with Gasteiger partial charge in [-0.3, -0.25) is 19.0 Å². The predicted molar refractivity (Wildman–Crippen MR) is 74.2 cm³/mol. The molecule has 3 rings (SSSR count). The summed E-state index contributed by atoms with van der Waals surface area (Å²) in [6, 6.07) is 4.75. The van der Waals surface area contributed by atoms with Crippen molar-refractivity contribution < 1.29 is 23.8 Å². The molecule has 1 aromatic heterocycles.